The molecular weight excluding hydrogens is 126 g/mol. The second-order valence-electron chi connectivity index (χ2n) is 2.04. The predicted molar refractivity (Wildman–Crippen MR) is 41.4 cm³/mol. The molecule has 0 unspecified atom stereocenters. The summed E-state index contributed by atoms with van der Waals surface area (Å²) < 4.78 is 4.86. The van der Waals surface area contributed by atoms with Crippen molar-refractivity contribution in [3.05, 3.63) is 30.2 Å². The fourth-order valence-electron chi connectivity index (χ4n) is 0.685. The molecule has 0 aromatic carbocycles. The first-order chi connectivity index (χ1) is 4.93. The zero-order valence-corrected chi connectivity index (χ0v) is 5.79. The average molecular weight is 137 g/mol. The smallest absolute Gasteiger partial charge is 0.0974 e. The van der Waals surface area contributed by atoms with E-state index < -0.39 is 0 Å². The van der Waals surface area contributed by atoms with Crippen LogP contribution in [0.4, 0.5) is 0 Å². The third-order valence-electron chi connectivity index (χ3n) is 1.19. The molecule has 2 heteroatoms. The van der Waals surface area contributed by atoms with Gasteiger partial charge in [-0.25, -0.2) is 0 Å². The summed E-state index contributed by atoms with van der Waals surface area (Å²) in [6.45, 7) is 0.703. The van der Waals surface area contributed by atoms with Crippen LogP contribution in [-0.2, 0) is 0 Å². The van der Waals surface area contributed by atoms with Gasteiger partial charge in [0.25, 0.3) is 0 Å². The van der Waals surface area contributed by atoms with E-state index in [0.29, 0.717) is 6.54 Å². The van der Waals surface area contributed by atoms with E-state index in [1.165, 1.54) is 0 Å². The van der Waals surface area contributed by atoms with Crippen molar-refractivity contribution in [1.29, 1.82) is 0 Å². The van der Waals surface area contributed by atoms with Crippen molar-refractivity contribution in [2.24, 2.45) is 5.73 Å². The average Bonchev–Trinajstić information content (AvgIpc) is 2.41. The van der Waals surface area contributed by atoms with Crippen molar-refractivity contribution < 1.29 is 4.42 Å². The van der Waals surface area contributed by atoms with E-state index in [0.717, 1.165) is 12.0 Å². The van der Waals surface area contributed by atoms with Crippen molar-refractivity contribution >= 4 is 6.08 Å². The van der Waals surface area contributed by atoms with E-state index >= 15 is 0 Å². The summed E-state index contributed by atoms with van der Waals surface area (Å²) in [5.74, 6) is 0. The van der Waals surface area contributed by atoms with Crippen molar-refractivity contribution in [2.45, 2.75) is 6.42 Å². The maximum atomic E-state index is 5.29. The van der Waals surface area contributed by atoms with Gasteiger partial charge in [0.2, 0.25) is 0 Å². The van der Waals surface area contributed by atoms with Gasteiger partial charge >= 0.3 is 0 Å². The molecule has 0 aliphatic carbocycles. The van der Waals surface area contributed by atoms with Crippen LogP contribution in [0.25, 0.3) is 6.08 Å². The maximum absolute atomic E-state index is 5.29. The van der Waals surface area contributed by atoms with Crippen LogP contribution in [0.2, 0.25) is 0 Å². The Bertz CT molecular complexity index is 189. The van der Waals surface area contributed by atoms with Gasteiger partial charge in [-0.15, -0.1) is 0 Å². The van der Waals surface area contributed by atoms with Gasteiger partial charge in [0, 0.05) is 5.56 Å². The fourth-order valence-corrected chi connectivity index (χ4v) is 0.685. The summed E-state index contributed by atoms with van der Waals surface area (Å²) in [6.07, 6.45) is 8.31. The Kier molecular flexibility index (Phi) is 2.77. The zero-order valence-electron chi connectivity index (χ0n) is 5.79. The largest absolute Gasteiger partial charge is 0.472 e. The molecule has 1 aromatic heterocycles. The molecule has 1 rings (SSSR count). The van der Waals surface area contributed by atoms with Gasteiger partial charge in [-0.05, 0) is 19.0 Å². The highest BCUT2D eigenvalue weighted by Crippen LogP contribution is 2.02. The van der Waals surface area contributed by atoms with E-state index in [1.807, 2.05) is 18.2 Å². The molecular formula is C8H11NO. The summed E-state index contributed by atoms with van der Waals surface area (Å²) in [5.41, 5.74) is 6.38. The van der Waals surface area contributed by atoms with Crippen LogP contribution in [0, 0.1) is 0 Å². The number of rotatable bonds is 3. The lowest BCUT2D eigenvalue weighted by molar-refractivity contribution is 0.567. The van der Waals surface area contributed by atoms with Gasteiger partial charge < -0.3 is 10.2 Å². The fraction of sp³-hybridized carbons (Fsp3) is 0.250. The third-order valence-corrected chi connectivity index (χ3v) is 1.19. The van der Waals surface area contributed by atoms with E-state index in [-0.39, 0.29) is 0 Å². The Hall–Kier alpha value is -1.02. The normalized spacial score (nSPS) is 10.9. The molecule has 0 saturated carbocycles. The highest BCUT2D eigenvalue weighted by Gasteiger charge is 1.83. The lowest BCUT2D eigenvalue weighted by atomic mass is 10.3. The molecule has 54 valence electrons. The Morgan fingerprint density at radius 2 is 2.50 bits per heavy atom. The summed E-state index contributed by atoms with van der Waals surface area (Å²) in [5, 5.41) is 0. The van der Waals surface area contributed by atoms with Crippen LogP contribution in [0.15, 0.2) is 29.1 Å². The number of furan rings is 1. The summed E-state index contributed by atoms with van der Waals surface area (Å²) in [4.78, 5) is 0. The number of hydrogen-bond donors (Lipinski definition) is 1. The van der Waals surface area contributed by atoms with Crippen LogP contribution in [0.3, 0.4) is 0 Å². The molecule has 0 fully saturated rings. The van der Waals surface area contributed by atoms with E-state index in [2.05, 4.69) is 0 Å². The molecule has 2 nitrogen and oxygen atoms in total. The Morgan fingerprint density at radius 1 is 1.60 bits per heavy atom. The van der Waals surface area contributed by atoms with E-state index in [9.17, 15) is 0 Å². The van der Waals surface area contributed by atoms with Crippen LogP contribution in [0.1, 0.15) is 12.0 Å². The second-order valence-corrected chi connectivity index (χ2v) is 2.04. The van der Waals surface area contributed by atoms with Crippen molar-refractivity contribution in [2.75, 3.05) is 6.54 Å². The molecule has 0 radical (unpaired) electrons. The lowest BCUT2D eigenvalue weighted by Gasteiger charge is -1.82. The van der Waals surface area contributed by atoms with Gasteiger partial charge in [-0.2, -0.15) is 0 Å². The minimum absolute atomic E-state index is 0.703. The Labute approximate surface area is 60.3 Å². The molecule has 10 heavy (non-hydrogen) atoms. The Balaban J connectivity index is 2.40. The first-order valence-electron chi connectivity index (χ1n) is 3.32. The topological polar surface area (TPSA) is 39.2 Å². The third kappa shape index (κ3) is 2.07. The molecule has 1 aromatic rings. The molecule has 0 bridgehead atoms. The monoisotopic (exact) mass is 137 g/mol. The van der Waals surface area contributed by atoms with Crippen LogP contribution < -0.4 is 5.73 Å². The predicted octanol–water partition coefficient (Wildman–Crippen LogP) is 1.64. The second kappa shape index (κ2) is 3.90. The van der Waals surface area contributed by atoms with Gasteiger partial charge in [-0.1, -0.05) is 12.2 Å². The SMILES string of the molecule is NCCC=Cc1ccoc1. The van der Waals surface area contributed by atoms with Crippen LogP contribution in [0.5, 0.6) is 0 Å². The Morgan fingerprint density at radius 3 is 3.10 bits per heavy atom. The first kappa shape index (κ1) is 7.09. The van der Waals surface area contributed by atoms with Crippen molar-refractivity contribution in [3.63, 3.8) is 0 Å². The molecule has 0 aliphatic rings. The molecule has 0 spiro atoms. The highest BCUT2D eigenvalue weighted by atomic mass is 16.3. The first-order valence-corrected chi connectivity index (χ1v) is 3.32. The van der Waals surface area contributed by atoms with Gasteiger partial charge in [0.05, 0.1) is 12.5 Å². The van der Waals surface area contributed by atoms with Gasteiger partial charge in [0.1, 0.15) is 0 Å². The molecule has 0 saturated heterocycles. The minimum atomic E-state index is 0.703. The van der Waals surface area contributed by atoms with Crippen LogP contribution >= 0.6 is 0 Å². The van der Waals surface area contributed by atoms with Crippen LogP contribution in [-0.4, -0.2) is 6.54 Å². The van der Waals surface area contributed by atoms with Gasteiger partial charge in [-0.3, -0.25) is 0 Å². The molecule has 2 N–H and O–H groups in total. The van der Waals surface area contributed by atoms with E-state index in [1.54, 1.807) is 12.5 Å². The van der Waals surface area contributed by atoms with Gasteiger partial charge in [0.15, 0.2) is 0 Å². The standard InChI is InChI=1S/C8H11NO/c9-5-2-1-3-8-4-6-10-7-8/h1,3-4,6-7H,2,5,9H2. The lowest BCUT2D eigenvalue weighted by Crippen LogP contribution is -1.94. The van der Waals surface area contributed by atoms with Crippen molar-refractivity contribution in [3.8, 4) is 0 Å². The summed E-state index contributed by atoms with van der Waals surface area (Å²) >= 11 is 0. The molecule has 1 heterocycles. The summed E-state index contributed by atoms with van der Waals surface area (Å²) in [6, 6.07) is 1.91. The summed E-state index contributed by atoms with van der Waals surface area (Å²) in [7, 11) is 0. The highest BCUT2D eigenvalue weighted by molar-refractivity contribution is 5.46. The molecule has 0 amide bonds. The maximum Gasteiger partial charge on any atom is 0.0974 e. The van der Waals surface area contributed by atoms with E-state index in [4.69, 9.17) is 10.2 Å². The number of nitrogens with two attached hydrogens (primary N) is 1. The molecule has 0 aliphatic heterocycles. The number of hydrogen-bond acceptors (Lipinski definition) is 2. The van der Waals surface area contributed by atoms with Crippen molar-refractivity contribution in [1.82, 2.24) is 0 Å². The molecule has 0 atom stereocenters. The minimum Gasteiger partial charge on any atom is -0.472 e. The quantitative estimate of drug-likeness (QED) is 0.687. The zero-order chi connectivity index (χ0) is 7.23.